The van der Waals surface area contributed by atoms with E-state index >= 15 is 0 Å². The summed E-state index contributed by atoms with van der Waals surface area (Å²) in [5.74, 6) is 0.420. The van der Waals surface area contributed by atoms with Gasteiger partial charge in [0, 0.05) is 12.6 Å². The molecule has 1 unspecified atom stereocenters. The van der Waals surface area contributed by atoms with Gasteiger partial charge in [0.15, 0.2) is 0 Å². The highest BCUT2D eigenvalue weighted by Gasteiger charge is 2.19. The Hall–Kier alpha value is -0.830. The van der Waals surface area contributed by atoms with Gasteiger partial charge in [0.2, 0.25) is 0 Å². The Bertz CT molecular complexity index is 352. The van der Waals surface area contributed by atoms with Gasteiger partial charge >= 0.3 is 0 Å². The molecule has 1 aromatic rings. The van der Waals surface area contributed by atoms with Gasteiger partial charge in [0.1, 0.15) is 0 Å². The SMILES string of the molecule is CCCC(CCC)C(O)Cc1ccn(C(CC)CC)n1. The molecule has 3 nitrogen and oxygen atoms in total. The van der Waals surface area contributed by atoms with Gasteiger partial charge in [-0.15, -0.1) is 0 Å². The summed E-state index contributed by atoms with van der Waals surface area (Å²) in [6, 6.07) is 2.55. The molecule has 0 amide bonds. The number of rotatable bonds is 10. The fourth-order valence-corrected chi connectivity index (χ4v) is 3.00. The Balaban J connectivity index is 2.62. The van der Waals surface area contributed by atoms with Crippen molar-refractivity contribution in [2.24, 2.45) is 5.92 Å². The molecule has 1 N–H and O–H groups in total. The molecule has 1 atom stereocenters. The van der Waals surface area contributed by atoms with Crippen molar-refractivity contribution in [2.75, 3.05) is 0 Å². The number of aromatic nitrogens is 2. The quantitative estimate of drug-likeness (QED) is 0.691. The van der Waals surface area contributed by atoms with Crippen LogP contribution < -0.4 is 0 Å². The second-order valence-corrected chi connectivity index (χ2v) is 5.87. The Morgan fingerprint density at radius 2 is 1.70 bits per heavy atom. The van der Waals surface area contributed by atoms with Crippen LogP contribution in [-0.4, -0.2) is 21.0 Å². The molecule has 0 fully saturated rings. The van der Waals surface area contributed by atoms with E-state index < -0.39 is 0 Å². The predicted molar refractivity (Wildman–Crippen MR) is 84.9 cm³/mol. The zero-order chi connectivity index (χ0) is 15.0. The maximum atomic E-state index is 10.4. The maximum absolute atomic E-state index is 10.4. The Morgan fingerprint density at radius 1 is 1.10 bits per heavy atom. The molecular weight excluding hydrogens is 248 g/mol. The average Bonchev–Trinajstić information content (AvgIpc) is 2.88. The number of hydrogen-bond donors (Lipinski definition) is 1. The first kappa shape index (κ1) is 17.2. The van der Waals surface area contributed by atoms with Gasteiger partial charge in [-0.05, 0) is 37.7 Å². The number of nitrogens with zero attached hydrogens (tertiary/aromatic N) is 2. The first-order chi connectivity index (χ1) is 9.65. The molecule has 0 aliphatic carbocycles. The van der Waals surface area contributed by atoms with Gasteiger partial charge in [-0.1, -0.05) is 40.5 Å². The summed E-state index contributed by atoms with van der Waals surface area (Å²) in [5.41, 5.74) is 1.03. The summed E-state index contributed by atoms with van der Waals surface area (Å²) < 4.78 is 2.07. The van der Waals surface area contributed by atoms with Crippen LogP contribution in [0.4, 0.5) is 0 Å². The zero-order valence-electron chi connectivity index (χ0n) is 13.7. The highest BCUT2D eigenvalue weighted by molar-refractivity contribution is 5.02. The van der Waals surface area contributed by atoms with Crippen LogP contribution in [0.1, 0.15) is 78.0 Å². The third-order valence-electron chi connectivity index (χ3n) is 4.26. The first-order valence-corrected chi connectivity index (χ1v) is 8.38. The van der Waals surface area contributed by atoms with Crippen molar-refractivity contribution in [2.45, 2.75) is 84.8 Å². The lowest BCUT2D eigenvalue weighted by Crippen LogP contribution is -2.23. The molecule has 0 aliphatic heterocycles. The third-order valence-corrected chi connectivity index (χ3v) is 4.26. The number of hydrogen-bond acceptors (Lipinski definition) is 2. The summed E-state index contributed by atoms with van der Waals surface area (Å²) in [6.45, 7) is 8.78. The monoisotopic (exact) mass is 280 g/mol. The Kier molecular flexibility index (Phi) is 7.90. The molecule has 0 saturated heterocycles. The summed E-state index contributed by atoms with van der Waals surface area (Å²) in [6.07, 6.45) is 9.23. The molecule has 1 heterocycles. The minimum Gasteiger partial charge on any atom is -0.392 e. The van der Waals surface area contributed by atoms with Gasteiger partial charge in [-0.3, -0.25) is 4.68 Å². The van der Waals surface area contributed by atoms with Crippen LogP contribution >= 0.6 is 0 Å². The Labute approximate surface area is 124 Å². The molecule has 0 aliphatic rings. The van der Waals surface area contributed by atoms with E-state index in [0.29, 0.717) is 18.4 Å². The van der Waals surface area contributed by atoms with Crippen LogP contribution in [0.15, 0.2) is 12.3 Å². The van der Waals surface area contributed by atoms with Gasteiger partial charge in [0.05, 0.1) is 17.8 Å². The van der Waals surface area contributed by atoms with E-state index in [0.717, 1.165) is 44.2 Å². The van der Waals surface area contributed by atoms with Gasteiger partial charge in [0.25, 0.3) is 0 Å². The fourth-order valence-electron chi connectivity index (χ4n) is 3.00. The Morgan fingerprint density at radius 3 is 2.20 bits per heavy atom. The molecule has 1 aromatic heterocycles. The second-order valence-electron chi connectivity index (χ2n) is 5.87. The van der Waals surface area contributed by atoms with E-state index in [1.54, 1.807) is 0 Å². The molecule has 0 spiro atoms. The van der Waals surface area contributed by atoms with Crippen LogP contribution in [0.3, 0.4) is 0 Å². The summed E-state index contributed by atoms with van der Waals surface area (Å²) in [7, 11) is 0. The lowest BCUT2D eigenvalue weighted by molar-refractivity contribution is 0.0952. The molecule has 3 heteroatoms. The van der Waals surface area contributed by atoms with E-state index in [1.807, 2.05) is 0 Å². The van der Waals surface area contributed by atoms with E-state index in [1.165, 1.54) is 0 Å². The molecule has 0 saturated carbocycles. The van der Waals surface area contributed by atoms with E-state index in [2.05, 4.69) is 49.7 Å². The van der Waals surface area contributed by atoms with Crippen molar-refractivity contribution in [1.29, 1.82) is 0 Å². The summed E-state index contributed by atoms with van der Waals surface area (Å²) >= 11 is 0. The van der Waals surface area contributed by atoms with Crippen molar-refractivity contribution in [3.8, 4) is 0 Å². The topological polar surface area (TPSA) is 38.0 Å². The minimum atomic E-state index is -0.250. The van der Waals surface area contributed by atoms with Crippen molar-refractivity contribution in [3.05, 3.63) is 18.0 Å². The molecule has 20 heavy (non-hydrogen) atoms. The van der Waals surface area contributed by atoms with Crippen molar-refractivity contribution < 1.29 is 5.11 Å². The normalized spacial score (nSPS) is 13.3. The van der Waals surface area contributed by atoms with Crippen LogP contribution in [0, 0.1) is 5.92 Å². The predicted octanol–water partition coefficient (Wildman–Crippen LogP) is 4.36. The van der Waals surface area contributed by atoms with Crippen molar-refractivity contribution in [3.63, 3.8) is 0 Å². The average molecular weight is 280 g/mol. The number of aliphatic hydroxyl groups excluding tert-OH is 1. The third kappa shape index (κ3) is 4.93. The van der Waals surface area contributed by atoms with E-state index in [-0.39, 0.29) is 6.10 Å². The first-order valence-electron chi connectivity index (χ1n) is 8.38. The molecule has 0 radical (unpaired) electrons. The largest absolute Gasteiger partial charge is 0.392 e. The van der Waals surface area contributed by atoms with Crippen LogP contribution in [0.5, 0.6) is 0 Å². The second kappa shape index (κ2) is 9.17. The van der Waals surface area contributed by atoms with Crippen LogP contribution in [0.2, 0.25) is 0 Å². The zero-order valence-corrected chi connectivity index (χ0v) is 13.7. The smallest absolute Gasteiger partial charge is 0.0650 e. The molecule has 0 bridgehead atoms. The highest BCUT2D eigenvalue weighted by Crippen LogP contribution is 2.21. The van der Waals surface area contributed by atoms with E-state index in [9.17, 15) is 5.11 Å². The lowest BCUT2D eigenvalue weighted by Gasteiger charge is -2.21. The van der Waals surface area contributed by atoms with E-state index in [4.69, 9.17) is 0 Å². The molecular formula is C17H32N2O. The number of aliphatic hydroxyl groups is 1. The summed E-state index contributed by atoms with van der Waals surface area (Å²) in [4.78, 5) is 0. The van der Waals surface area contributed by atoms with Gasteiger partial charge in [-0.2, -0.15) is 5.10 Å². The van der Waals surface area contributed by atoms with Gasteiger partial charge < -0.3 is 5.11 Å². The maximum Gasteiger partial charge on any atom is 0.0650 e. The highest BCUT2D eigenvalue weighted by atomic mass is 16.3. The van der Waals surface area contributed by atoms with Gasteiger partial charge in [-0.25, -0.2) is 0 Å². The molecule has 1 rings (SSSR count). The minimum absolute atomic E-state index is 0.250. The standard InChI is InChI=1S/C17H32N2O/c1-5-9-14(10-6-2)17(20)13-15-11-12-19(18-15)16(7-3)8-4/h11-12,14,16-17,20H,5-10,13H2,1-4H3. The van der Waals surface area contributed by atoms with Crippen molar-refractivity contribution in [1.82, 2.24) is 9.78 Å². The lowest BCUT2D eigenvalue weighted by atomic mass is 9.90. The van der Waals surface area contributed by atoms with Crippen LogP contribution in [-0.2, 0) is 6.42 Å². The van der Waals surface area contributed by atoms with Crippen LogP contribution in [0.25, 0.3) is 0 Å². The fraction of sp³-hybridized carbons (Fsp3) is 0.824. The summed E-state index contributed by atoms with van der Waals surface area (Å²) in [5, 5.41) is 15.1. The molecule has 116 valence electrons. The van der Waals surface area contributed by atoms with Crippen molar-refractivity contribution >= 4 is 0 Å². The molecule has 0 aromatic carbocycles.